The maximum Gasteiger partial charge on any atom is 0.264 e. The van der Waals surface area contributed by atoms with Gasteiger partial charge in [0.2, 0.25) is 5.91 Å². The zero-order valence-corrected chi connectivity index (χ0v) is 16.7. The summed E-state index contributed by atoms with van der Waals surface area (Å²) in [5.74, 6) is 0.251. The molecule has 0 aliphatic carbocycles. The summed E-state index contributed by atoms with van der Waals surface area (Å²) in [6.45, 7) is 6.36. The fourth-order valence-corrected chi connectivity index (χ4v) is 3.89. The van der Waals surface area contributed by atoms with Crippen LogP contribution in [0.1, 0.15) is 29.1 Å². The molecule has 6 heteroatoms. The normalized spacial score (nSPS) is 18.0. The van der Waals surface area contributed by atoms with E-state index in [1.54, 1.807) is 11.0 Å². The van der Waals surface area contributed by atoms with Crippen molar-refractivity contribution >= 4 is 23.2 Å². The summed E-state index contributed by atoms with van der Waals surface area (Å²) in [7, 11) is 0. The number of amides is 2. The zero-order chi connectivity index (χ0) is 19.2. The first-order chi connectivity index (χ1) is 13.0. The molecule has 0 N–H and O–H groups in total. The predicted molar refractivity (Wildman–Crippen MR) is 107 cm³/mol. The van der Waals surface area contributed by atoms with Crippen molar-refractivity contribution in [3.8, 4) is 0 Å². The smallest absolute Gasteiger partial charge is 0.264 e. The summed E-state index contributed by atoms with van der Waals surface area (Å²) in [5.41, 5.74) is 1.08. The highest BCUT2D eigenvalue weighted by Gasteiger charge is 2.31. The third kappa shape index (κ3) is 5.40. The second-order valence-electron chi connectivity index (χ2n) is 7.27. The molecule has 0 saturated carbocycles. The number of hydrogen-bond donors (Lipinski definition) is 0. The fourth-order valence-electron chi connectivity index (χ4n) is 3.20. The Morgan fingerprint density at radius 1 is 1.19 bits per heavy atom. The van der Waals surface area contributed by atoms with Gasteiger partial charge in [0.05, 0.1) is 17.6 Å². The van der Waals surface area contributed by atoms with Gasteiger partial charge in [-0.25, -0.2) is 0 Å². The molecule has 1 aliphatic heterocycles. The number of carbonyl (C=O) groups excluding carboxylic acids is 2. The van der Waals surface area contributed by atoms with Gasteiger partial charge in [-0.05, 0) is 22.9 Å². The highest BCUT2D eigenvalue weighted by atomic mass is 32.1. The van der Waals surface area contributed by atoms with Crippen molar-refractivity contribution in [1.82, 2.24) is 9.80 Å². The van der Waals surface area contributed by atoms with Crippen molar-refractivity contribution in [3.05, 3.63) is 58.3 Å². The number of benzene rings is 1. The summed E-state index contributed by atoms with van der Waals surface area (Å²) in [4.78, 5) is 29.7. The number of ether oxygens (including phenoxy) is 1. The Bertz CT molecular complexity index is 746. The van der Waals surface area contributed by atoms with Crippen molar-refractivity contribution in [1.29, 1.82) is 0 Å². The van der Waals surface area contributed by atoms with Crippen molar-refractivity contribution in [2.75, 3.05) is 26.2 Å². The Balaban J connectivity index is 1.74. The molecule has 1 fully saturated rings. The molecule has 27 heavy (non-hydrogen) atoms. The quantitative estimate of drug-likeness (QED) is 0.766. The van der Waals surface area contributed by atoms with E-state index in [-0.39, 0.29) is 24.5 Å². The lowest BCUT2D eigenvalue weighted by molar-refractivity contribution is -0.132. The molecule has 1 unspecified atom stereocenters. The molecule has 2 aromatic rings. The molecule has 1 atom stereocenters. The minimum absolute atomic E-state index is 0.0144. The Kier molecular flexibility index (Phi) is 6.63. The van der Waals surface area contributed by atoms with Gasteiger partial charge in [-0.15, -0.1) is 11.3 Å². The number of rotatable bonds is 6. The van der Waals surface area contributed by atoms with E-state index in [9.17, 15) is 9.59 Å². The monoisotopic (exact) mass is 386 g/mol. The Morgan fingerprint density at radius 3 is 2.63 bits per heavy atom. The highest BCUT2D eigenvalue weighted by Crippen LogP contribution is 2.17. The number of carbonyl (C=O) groups is 2. The molecule has 1 aromatic carbocycles. The van der Waals surface area contributed by atoms with E-state index in [2.05, 4.69) is 13.8 Å². The van der Waals surface area contributed by atoms with Crippen LogP contribution in [0.15, 0.2) is 47.8 Å². The second kappa shape index (κ2) is 9.15. The van der Waals surface area contributed by atoms with Crippen LogP contribution in [0.5, 0.6) is 0 Å². The second-order valence-corrected chi connectivity index (χ2v) is 8.22. The first-order valence-corrected chi connectivity index (χ1v) is 10.2. The van der Waals surface area contributed by atoms with Crippen LogP contribution in [0.3, 0.4) is 0 Å². The lowest BCUT2D eigenvalue weighted by atomic mass is 10.2. The minimum Gasteiger partial charge on any atom is -0.370 e. The van der Waals surface area contributed by atoms with Crippen molar-refractivity contribution in [3.63, 3.8) is 0 Å². The first kappa shape index (κ1) is 19.6. The van der Waals surface area contributed by atoms with E-state index in [0.29, 0.717) is 37.0 Å². The first-order valence-electron chi connectivity index (χ1n) is 9.29. The van der Waals surface area contributed by atoms with Gasteiger partial charge in [0.25, 0.3) is 5.91 Å². The standard InChI is InChI=1S/C21H26N2O3S/c1-16(2)11-22-12-18(26-15-17-7-4-3-5-8-17)13-23(14-20(22)24)21(25)19-9-6-10-27-19/h3-10,16,18H,11-15H2,1-2H3. The van der Waals surface area contributed by atoms with Gasteiger partial charge >= 0.3 is 0 Å². The molecule has 0 spiro atoms. The van der Waals surface area contributed by atoms with Gasteiger partial charge in [0.15, 0.2) is 0 Å². The largest absolute Gasteiger partial charge is 0.370 e. The summed E-state index contributed by atoms with van der Waals surface area (Å²) in [6, 6.07) is 13.6. The van der Waals surface area contributed by atoms with Gasteiger partial charge in [-0.3, -0.25) is 9.59 Å². The lowest BCUT2D eigenvalue weighted by Gasteiger charge is -2.26. The molecule has 5 nitrogen and oxygen atoms in total. The van der Waals surface area contributed by atoms with E-state index in [0.717, 1.165) is 5.56 Å². The summed E-state index contributed by atoms with van der Waals surface area (Å²) in [5, 5.41) is 1.88. The molecule has 1 saturated heterocycles. The molecule has 0 radical (unpaired) electrons. The van der Waals surface area contributed by atoms with Crippen molar-refractivity contribution in [2.45, 2.75) is 26.6 Å². The number of thiophene rings is 1. The predicted octanol–water partition coefficient (Wildman–Crippen LogP) is 3.27. The lowest BCUT2D eigenvalue weighted by Crippen LogP contribution is -2.40. The highest BCUT2D eigenvalue weighted by molar-refractivity contribution is 7.12. The van der Waals surface area contributed by atoms with E-state index in [1.807, 2.05) is 46.7 Å². The van der Waals surface area contributed by atoms with Gasteiger partial charge in [0.1, 0.15) is 6.54 Å². The average molecular weight is 387 g/mol. The maximum atomic E-state index is 12.8. The Hall–Kier alpha value is -2.18. The molecule has 3 rings (SSSR count). The van der Waals surface area contributed by atoms with Crippen LogP contribution >= 0.6 is 11.3 Å². The summed E-state index contributed by atoms with van der Waals surface area (Å²) in [6.07, 6.45) is -0.209. The van der Waals surface area contributed by atoms with Crippen LogP contribution in [0.2, 0.25) is 0 Å². The molecule has 2 amide bonds. The van der Waals surface area contributed by atoms with Crippen molar-refractivity contribution in [2.24, 2.45) is 5.92 Å². The van der Waals surface area contributed by atoms with Gasteiger partial charge in [-0.1, -0.05) is 50.2 Å². The number of nitrogens with zero attached hydrogens (tertiary/aromatic N) is 2. The Morgan fingerprint density at radius 2 is 1.96 bits per heavy atom. The minimum atomic E-state index is -0.209. The topological polar surface area (TPSA) is 49.9 Å². The van der Waals surface area contributed by atoms with Crippen molar-refractivity contribution < 1.29 is 14.3 Å². The third-order valence-electron chi connectivity index (χ3n) is 4.46. The van der Waals surface area contributed by atoms with Crippen LogP contribution in [0.4, 0.5) is 0 Å². The van der Waals surface area contributed by atoms with E-state index in [1.165, 1.54) is 11.3 Å². The van der Waals surface area contributed by atoms with Gasteiger partial charge in [0, 0.05) is 19.6 Å². The van der Waals surface area contributed by atoms with Crippen LogP contribution in [0.25, 0.3) is 0 Å². The SMILES string of the molecule is CC(C)CN1CC(OCc2ccccc2)CN(C(=O)c2cccs2)CC1=O. The Labute approximate surface area is 164 Å². The van der Waals surface area contributed by atoms with Crippen LogP contribution in [0, 0.1) is 5.92 Å². The summed E-state index contributed by atoms with van der Waals surface area (Å²) < 4.78 is 6.12. The maximum absolute atomic E-state index is 12.8. The molecular weight excluding hydrogens is 360 g/mol. The van der Waals surface area contributed by atoms with Crippen LogP contribution in [-0.4, -0.2) is 53.9 Å². The molecule has 2 heterocycles. The molecule has 144 valence electrons. The fraction of sp³-hybridized carbons (Fsp3) is 0.429. The molecular formula is C21H26N2O3S. The van der Waals surface area contributed by atoms with E-state index < -0.39 is 0 Å². The van der Waals surface area contributed by atoms with E-state index >= 15 is 0 Å². The van der Waals surface area contributed by atoms with Gasteiger partial charge < -0.3 is 14.5 Å². The van der Waals surface area contributed by atoms with Gasteiger partial charge in [-0.2, -0.15) is 0 Å². The van der Waals surface area contributed by atoms with E-state index in [4.69, 9.17) is 4.74 Å². The average Bonchev–Trinajstić information content (AvgIpc) is 3.14. The molecule has 1 aliphatic rings. The molecule has 0 bridgehead atoms. The number of hydrogen-bond acceptors (Lipinski definition) is 4. The molecule has 1 aromatic heterocycles. The van der Waals surface area contributed by atoms with Crippen LogP contribution in [-0.2, 0) is 16.1 Å². The summed E-state index contributed by atoms with van der Waals surface area (Å²) >= 11 is 1.40. The van der Waals surface area contributed by atoms with Crippen LogP contribution < -0.4 is 0 Å². The zero-order valence-electron chi connectivity index (χ0n) is 15.8. The third-order valence-corrected chi connectivity index (χ3v) is 5.32.